The fraction of sp³-hybridized carbons (Fsp3) is 0.733. The van der Waals surface area contributed by atoms with Crippen LogP contribution >= 0.6 is 0 Å². The highest BCUT2D eigenvalue weighted by atomic mass is 14.3. The minimum atomic E-state index is 0.946. The fourth-order valence-corrected chi connectivity index (χ4v) is 3.38. The molecule has 0 heterocycles. The Balaban J connectivity index is 1.80. The molecule has 2 unspecified atom stereocenters. The minimum Gasteiger partial charge on any atom is -0.0999 e. The van der Waals surface area contributed by atoms with E-state index < -0.39 is 0 Å². The predicted molar refractivity (Wildman–Crippen MR) is 66.8 cm³/mol. The summed E-state index contributed by atoms with van der Waals surface area (Å²) in [4.78, 5) is 0. The maximum absolute atomic E-state index is 4.15. The van der Waals surface area contributed by atoms with Crippen LogP contribution in [0.15, 0.2) is 24.3 Å². The predicted octanol–water partition coefficient (Wildman–Crippen LogP) is 4.87. The van der Waals surface area contributed by atoms with Crippen LogP contribution in [0.25, 0.3) is 0 Å². The van der Waals surface area contributed by atoms with Crippen LogP contribution in [0.2, 0.25) is 0 Å². The Hall–Kier alpha value is -0.520. The van der Waals surface area contributed by atoms with E-state index in [1.165, 1.54) is 68.9 Å². The second-order valence-corrected chi connectivity index (χ2v) is 5.66. The Labute approximate surface area is 94.5 Å². The van der Waals surface area contributed by atoms with Crippen molar-refractivity contribution < 1.29 is 0 Å². The molecule has 2 aliphatic carbocycles. The van der Waals surface area contributed by atoms with Gasteiger partial charge in [-0.05, 0) is 69.6 Å². The van der Waals surface area contributed by atoms with Crippen molar-refractivity contribution in [2.45, 2.75) is 57.8 Å². The van der Waals surface area contributed by atoms with Gasteiger partial charge in [0.2, 0.25) is 0 Å². The van der Waals surface area contributed by atoms with Crippen molar-refractivity contribution in [3.63, 3.8) is 0 Å². The highest BCUT2D eigenvalue weighted by molar-refractivity contribution is 5.02. The SMILES string of the molecule is C=C1CCCC(CC2CCCC(=C)C2)C1. The van der Waals surface area contributed by atoms with Gasteiger partial charge in [-0.2, -0.15) is 0 Å². The van der Waals surface area contributed by atoms with Crippen molar-refractivity contribution in [3.8, 4) is 0 Å². The summed E-state index contributed by atoms with van der Waals surface area (Å²) >= 11 is 0. The normalized spacial score (nSPS) is 33.1. The van der Waals surface area contributed by atoms with Gasteiger partial charge in [-0.15, -0.1) is 0 Å². The maximum Gasteiger partial charge on any atom is -0.0294 e. The van der Waals surface area contributed by atoms with Crippen molar-refractivity contribution >= 4 is 0 Å². The van der Waals surface area contributed by atoms with E-state index in [1.54, 1.807) is 0 Å². The zero-order valence-electron chi connectivity index (χ0n) is 9.93. The molecule has 2 saturated carbocycles. The molecule has 15 heavy (non-hydrogen) atoms. The van der Waals surface area contributed by atoms with E-state index in [-0.39, 0.29) is 0 Å². The lowest BCUT2D eigenvalue weighted by molar-refractivity contribution is 0.290. The summed E-state index contributed by atoms with van der Waals surface area (Å²) in [6.07, 6.45) is 12.3. The molecule has 2 rings (SSSR count). The summed E-state index contributed by atoms with van der Waals surface area (Å²) in [5, 5.41) is 0. The van der Waals surface area contributed by atoms with Crippen LogP contribution in [0.3, 0.4) is 0 Å². The van der Waals surface area contributed by atoms with Gasteiger partial charge in [0.1, 0.15) is 0 Å². The van der Waals surface area contributed by atoms with Gasteiger partial charge in [0, 0.05) is 0 Å². The molecule has 0 heteroatoms. The Bertz CT molecular complexity index is 223. The molecule has 0 aromatic heterocycles. The molecule has 0 amide bonds. The quantitative estimate of drug-likeness (QED) is 0.563. The summed E-state index contributed by atoms with van der Waals surface area (Å²) in [5.41, 5.74) is 3.00. The van der Waals surface area contributed by atoms with E-state index in [4.69, 9.17) is 0 Å². The second-order valence-electron chi connectivity index (χ2n) is 5.66. The number of hydrogen-bond acceptors (Lipinski definition) is 0. The van der Waals surface area contributed by atoms with Crippen LogP contribution in [0.1, 0.15) is 57.8 Å². The molecule has 0 radical (unpaired) electrons. The first-order chi connectivity index (χ1) is 7.24. The molecule has 0 spiro atoms. The summed E-state index contributed by atoms with van der Waals surface area (Å²) in [6, 6.07) is 0. The van der Waals surface area contributed by atoms with E-state index in [9.17, 15) is 0 Å². The molecule has 84 valence electrons. The molecule has 0 saturated heterocycles. The third-order valence-electron chi connectivity index (χ3n) is 4.11. The van der Waals surface area contributed by atoms with Crippen LogP contribution in [-0.4, -0.2) is 0 Å². The van der Waals surface area contributed by atoms with Gasteiger partial charge in [-0.1, -0.05) is 24.3 Å². The van der Waals surface area contributed by atoms with Crippen molar-refractivity contribution in [1.82, 2.24) is 0 Å². The standard InChI is InChI=1S/C15H24/c1-12-5-3-7-14(9-12)11-15-8-4-6-13(2)10-15/h14-15H,1-11H2. The van der Waals surface area contributed by atoms with Crippen LogP contribution in [0, 0.1) is 11.8 Å². The largest absolute Gasteiger partial charge is 0.0999 e. The summed E-state index contributed by atoms with van der Waals surface area (Å²) in [6.45, 7) is 8.31. The smallest absolute Gasteiger partial charge is 0.0294 e. The molecule has 0 aromatic carbocycles. The first-order valence-corrected chi connectivity index (χ1v) is 6.57. The van der Waals surface area contributed by atoms with Crippen LogP contribution in [0.5, 0.6) is 0 Å². The summed E-state index contributed by atoms with van der Waals surface area (Å²) in [7, 11) is 0. The number of allylic oxidation sites excluding steroid dienone is 2. The Kier molecular flexibility index (Phi) is 3.66. The first kappa shape index (κ1) is 11.0. The Morgan fingerprint density at radius 2 is 1.33 bits per heavy atom. The molecule has 2 fully saturated rings. The molecule has 0 aromatic rings. The molecule has 0 bridgehead atoms. The molecular weight excluding hydrogens is 180 g/mol. The third-order valence-corrected chi connectivity index (χ3v) is 4.11. The van der Waals surface area contributed by atoms with Gasteiger partial charge in [-0.25, -0.2) is 0 Å². The molecule has 0 nitrogen and oxygen atoms in total. The topological polar surface area (TPSA) is 0 Å². The lowest BCUT2D eigenvalue weighted by Gasteiger charge is -2.30. The lowest BCUT2D eigenvalue weighted by atomic mass is 9.76. The lowest BCUT2D eigenvalue weighted by Crippen LogP contribution is -2.16. The van der Waals surface area contributed by atoms with E-state index in [0.29, 0.717) is 0 Å². The van der Waals surface area contributed by atoms with Crippen LogP contribution < -0.4 is 0 Å². The average Bonchev–Trinajstić information content (AvgIpc) is 2.17. The molecular formula is C15H24. The van der Waals surface area contributed by atoms with E-state index in [1.807, 2.05) is 0 Å². The highest BCUT2D eigenvalue weighted by Crippen LogP contribution is 2.37. The molecule has 0 aliphatic heterocycles. The number of hydrogen-bond donors (Lipinski definition) is 0. The van der Waals surface area contributed by atoms with E-state index >= 15 is 0 Å². The first-order valence-electron chi connectivity index (χ1n) is 6.57. The average molecular weight is 204 g/mol. The number of rotatable bonds is 2. The van der Waals surface area contributed by atoms with Crippen molar-refractivity contribution in [1.29, 1.82) is 0 Å². The zero-order valence-corrected chi connectivity index (χ0v) is 9.93. The van der Waals surface area contributed by atoms with Crippen molar-refractivity contribution in [2.24, 2.45) is 11.8 Å². The molecule has 2 atom stereocenters. The fourth-order valence-electron chi connectivity index (χ4n) is 3.38. The Morgan fingerprint density at radius 3 is 1.73 bits per heavy atom. The van der Waals surface area contributed by atoms with Gasteiger partial charge in [0.25, 0.3) is 0 Å². The summed E-state index contributed by atoms with van der Waals surface area (Å²) < 4.78 is 0. The third kappa shape index (κ3) is 3.22. The monoisotopic (exact) mass is 204 g/mol. The van der Waals surface area contributed by atoms with Gasteiger partial charge in [0.05, 0.1) is 0 Å². The van der Waals surface area contributed by atoms with Gasteiger partial charge in [-0.3, -0.25) is 0 Å². The summed E-state index contributed by atoms with van der Waals surface area (Å²) in [5.74, 6) is 1.89. The minimum absolute atomic E-state index is 0.946. The highest BCUT2D eigenvalue weighted by Gasteiger charge is 2.22. The van der Waals surface area contributed by atoms with E-state index in [2.05, 4.69) is 13.2 Å². The van der Waals surface area contributed by atoms with Gasteiger partial charge in [0.15, 0.2) is 0 Å². The molecule has 2 aliphatic rings. The van der Waals surface area contributed by atoms with Crippen LogP contribution in [-0.2, 0) is 0 Å². The van der Waals surface area contributed by atoms with Gasteiger partial charge >= 0.3 is 0 Å². The molecule has 0 N–H and O–H groups in total. The van der Waals surface area contributed by atoms with Crippen molar-refractivity contribution in [3.05, 3.63) is 24.3 Å². The zero-order chi connectivity index (χ0) is 10.7. The Morgan fingerprint density at radius 1 is 0.867 bits per heavy atom. The van der Waals surface area contributed by atoms with Gasteiger partial charge < -0.3 is 0 Å². The van der Waals surface area contributed by atoms with E-state index in [0.717, 1.165) is 11.8 Å². The maximum atomic E-state index is 4.15. The van der Waals surface area contributed by atoms with Crippen molar-refractivity contribution in [2.75, 3.05) is 0 Å². The van der Waals surface area contributed by atoms with Crippen LogP contribution in [0.4, 0.5) is 0 Å². The second kappa shape index (κ2) is 5.01.